The maximum absolute atomic E-state index is 15.2. The Labute approximate surface area is 210 Å². The molecule has 1 aliphatic rings. The topological polar surface area (TPSA) is 117 Å². The first-order chi connectivity index (χ1) is 16.4. The van der Waals surface area contributed by atoms with Crippen molar-refractivity contribution in [1.29, 1.82) is 0 Å². The zero-order valence-corrected chi connectivity index (χ0v) is 22.0. The second-order valence-corrected chi connectivity index (χ2v) is 11.0. The van der Waals surface area contributed by atoms with Gasteiger partial charge in [-0.05, 0) is 32.1 Å². The molecule has 196 valence electrons. The van der Waals surface area contributed by atoms with Crippen molar-refractivity contribution in [1.82, 2.24) is 4.98 Å². The average Bonchev–Trinajstić information content (AvgIpc) is 3.26. The summed E-state index contributed by atoms with van der Waals surface area (Å²) < 4.78 is 20.6. The molecule has 0 radical (unpaired) electrons. The number of aliphatic hydroxyl groups excluding tert-OH is 3. The lowest BCUT2D eigenvalue weighted by atomic mass is 9.73. The van der Waals surface area contributed by atoms with E-state index in [0.717, 1.165) is 18.4 Å². The first-order valence-corrected chi connectivity index (χ1v) is 12.9. The van der Waals surface area contributed by atoms with Gasteiger partial charge in [-0.3, -0.25) is 9.59 Å². The van der Waals surface area contributed by atoms with Crippen molar-refractivity contribution in [2.75, 3.05) is 0 Å². The van der Waals surface area contributed by atoms with Crippen molar-refractivity contribution in [3.8, 4) is 0 Å². The summed E-state index contributed by atoms with van der Waals surface area (Å²) in [5, 5.41) is 32.7. The minimum absolute atomic E-state index is 0.102. The van der Waals surface area contributed by atoms with Crippen LogP contribution in [0.4, 0.5) is 4.39 Å². The Morgan fingerprint density at radius 3 is 2.63 bits per heavy atom. The van der Waals surface area contributed by atoms with Gasteiger partial charge in [-0.15, -0.1) is 11.3 Å². The van der Waals surface area contributed by atoms with Gasteiger partial charge in [-0.1, -0.05) is 39.3 Å². The van der Waals surface area contributed by atoms with Gasteiger partial charge >= 0.3 is 5.97 Å². The quantitative estimate of drug-likeness (QED) is 0.408. The molecular weight excluding hydrogens is 473 g/mol. The molecule has 0 unspecified atom stereocenters. The van der Waals surface area contributed by atoms with Crippen LogP contribution in [0.25, 0.3) is 6.08 Å². The molecule has 9 heteroatoms. The van der Waals surface area contributed by atoms with E-state index in [4.69, 9.17) is 4.74 Å². The van der Waals surface area contributed by atoms with Gasteiger partial charge in [0.1, 0.15) is 16.6 Å². The molecule has 1 aromatic heterocycles. The van der Waals surface area contributed by atoms with Gasteiger partial charge < -0.3 is 20.1 Å². The minimum atomic E-state index is -1.36. The lowest BCUT2D eigenvalue weighted by Gasteiger charge is -2.34. The molecule has 0 spiro atoms. The summed E-state index contributed by atoms with van der Waals surface area (Å²) in [4.78, 5) is 29.9. The first kappa shape index (κ1) is 29.3. The number of aromatic nitrogens is 1. The lowest BCUT2D eigenvalue weighted by molar-refractivity contribution is -0.154. The summed E-state index contributed by atoms with van der Waals surface area (Å²) >= 11 is 1.19. The van der Waals surface area contributed by atoms with Crippen LogP contribution in [0.1, 0.15) is 77.4 Å². The van der Waals surface area contributed by atoms with E-state index in [1.54, 1.807) is 12.3 Å². The zero-order valence-electron chi connectivity index (χ0n) is 21.2. The number of cyclic esters (lactones) is 1. The highest BCUT2D eigenvalue weighted by molar-refractivity contribution is 7.09. The van der Waals surface area contributed by atoms with Crippen LogP contribution in [0.15, 0.2) is 22.9 Å². The molecule has 1 aliphatic heterocycles. The minimum Gasteiger partial charge on any atom is -0.455 e. The highest BCUT2D eigenvalue weighted by Crippen LogP contribution is 2.32. The summed E-state index contributed by atoms with van der Waals surface area (Å²) in [6.07, 6.45) is 1.37. The van der Waals surface area contributed by atoms with Crippen molar-refractivity contribution in [3.63, 3.8) is 0 Å². The molecule has 35 heavy (non-hydrogen) atoms. The Kier molecular flexibility index (Phi) is 10.8. The van der Waals surface area contributed by atoms with Gasteiger partial charge in [0.25, 0.3) is 0 Å². The summed E-state index contributed by atoms with van der Waals surface area (Å²) in [5.74, 6) is -2.71. The van der Waals surface area contributed by atoms with Crippen LogP contribution in [0, 0.1) is 17.3 Å². The number of allylic oxidation sites excluding steroid dienone is 1. The Morgan fingerprint density at radius 1 is 1.31 bits per heavy atom. The maximum atomic E-state index is 15.2. The van der Waals surface area contributed by atoms with Crippen LogP contribution in [0.2, 0.25) is 0 Å². The van der Waals surface area contributed by atoms with E-state index < -0.39 is 47.9 Å². The number of nitrogens with zero attached hydrogens (tertiary/aromatic N) is 1. The van der Waals surface area contributed by atoms with E-state index in [0.29, 0.717) is 17.1 Å². The predicted octanol–water partition coefficient (Wildman–Crippen LogP) is 4.36. The highest BCUT2D eigenvalue weighted by Gasteiger charge is 2.42. The molecule has 0 bridgehead atoms. The highest BCUT2D eigenvalue weighted by atomic mass is 32.1. The van der Waals surface area contributed by atoms with Gasteiger partial charge in [0.2, 0.25) is 0 Å². The molecule has 0 amide bonds. The van der Waals surface area contributed by atoms with Gasteiger partial charge in [0.15, 0.2) is 6.10 Å². The molecule has 1 aromatic rings. The second-order valence-electron chi connectivity index (χ2n) is 10.1. The Hall–Kier alpha value is -1.94. The molecule has 2 heterocycles. The van der Waals surface area contributed by atoms with Crippen molar-refractivity contribution in [2.24, 2.45) is 17.3 Å². The lowest BCUT2D eigenvalue weighted by Crippen LogP contribution is -2.45. The number of aliphatic hydroxyl groups is 3. The third-order valence-electron chi connectivity index (χ3n) is 6.82. The average molecular weight is 512 g/mol. The molecule has 0 saturated carbocycles. The number of esters is 1. The smallest absolute Gasteiger partial charge is 0.309 e. The third-order valence-corrected chi connectivity index (χ3v) is 7.67. The van der Waals surface area contributed by atoms with Crippen LogP contribution in [-0.2, 0) is 20.9 Å². The number of thiazole rings is 1. The van der Waals surface area contributed by atoms with E-state index in [1.165, 1.54) is 31.3 Å². The van der Waals surface area contributed by atoms with E-state index in [1.807, 2.05) is 19.9 Å². The number of halogens is 1. The number of hydrogen-bond donors (Lipinski definition) is 3. The standard InChI is InChI=1S/C26H38FNO6S/c1-15-7-6-8-16(2)24(32)17(3)25(33)26(4,5)21(30)12-23(31)34-20(10-9-15)19(27)11-18-14-35-22(13-29)28-18/h9,11,14,16-17,20-21,24,29-30,32H,6-8,10,12-13H2,1-5H3/b15-9-,19-11?/t16-,17+,20-,21-,24-/m0/s1. The zero-order chi connectivity index (χ0) is 26.3. The number of ether oxygens (including phenoxy) is 1. The van der Waals surface area contributed by atoms with Gasteiger partial charge in [0.05, 0.1) is 36.3 Å². The van der Waals surface area contributed by atoms with Crippen LogP contribution < -0.4 is 0 Å². The molecule has 7 nitrogen and oxygen atoms in total. The SMILES string of the molecule is C/C1=C/C[C@@H](C(F)=Cc2csc(CO)n2)OC(=O)C[C@H](O)C(C)(C)C(=O)[C@H](C)[C@@H](O)[C@@H](C)CCC1. The molecule has 0 saturated heterocycles. The third kappa shape index (κ3) is 8.03. The number of carbonyl (C=O) groups is 2. The predicted molar refractivity (Wildman–Crippen MR) is 133 cm³/mol. The molecule has 0 fully saturated rings. The molecule has 3 N–H and O–H groups in total. The van der Waals surface area contributed by atoms with Crippen molar-refractivity contribution in [2.45, 2.75) is 91.6 Å². The Morgan fingerprint density at radius 2 is 2.00 bits per heavy atom. The number of ketones is 1. The maximum Gasteiger partial charge on any atom is 0.309 e. The number of Topliss-reactive ketones (excluding diaryl/α,β-unsaturated/α-hetero) is 1. The van der Waals surface area contributed by atoms with Crippen LogP contribution >= 0.6 is 11.3 Å². The molecule has 0 aromatic carbocycles. The molecule has 0 aliphatic carbocycles. The van der Waals surface area contributed by atoms with Gasteiger partial charge in [-0.2, -0.15) is 0 Å². The normalized spacial score (nSPS) is 31.5. The molecule has 2 rings (SSSR count). The first-order valence-electron chi connectivity index (χ1n) is 12.0. The fourth-order valence-corrected chi connectivity index (χ4v) is 4.83. The second kappa shape index (κ2) is 12.9. The summed E-state index contributed by atoms with van der Waals surface area (Å²) in [6, 6.07) is 0. The van der Waals surface area contributed by atoms with E-state index in [-0.39, 0.29) is 24.7 Å². The van der Waals surface area contributed by atoms with Crippen LogP contribution in [-0.4, -0.2) is 50.4 Å². The number of hydrogen-bond acceptors (Lipinski definition) is 8. The monoisotopic (exact) mass is 511 g/mol. The van der Waals surface area contributed by atoms with Gasteiger partial charge in [0, 0.05) is 23.8 Å². The molecule has 5 atom stereocenters. The summed E-state index contributed by atoms with van der Waals surface area (Å²) in [5.41, 5.74) is 0.000562. The van der Waals surface area contributed by atoms with Crippen LogP contribution in [0.5, 0.6) is 0 Å². The Balaban J connectivity index is 2.33. The fourth-order valence-electron chi connectivity index (χ4n) is 4.22. The summed E-state index contributed by atoms with van der Waals surface area (Å²) in [6.45, 7) is 8.28. The van der Waals surface area contributed by atoms with E-state index >= 15 is 4.39 Å². The van der Waals surface area contributed by atoms with E-state index in [9.17, 15) is 24.9 Å². The number of carbonyl (C=O) groups excluding carboxylic acids is 2. The van der Waals surface area contributed by atoms with E-state index in [2.05, 4.69) is 4.98 Å². The summed E-state index contributed by atoms with van der Waals surface area (Å²) in [7, 11) is 0. The fraction of sp³-hybridized carbons (Fsp3) is 0.654. The van der Waals surface area contributed by atoms with Crippen molar-refractivity contribution in [3.05, 3.63) is 33.6 Å². The largest absolute Gasteiger partial charge is 0.455 e. The molecular formula is C26H38FNO6S. The number of rotatable bonds is 3. The van der Waals surface area contributed by atoms with Crippen LogP contribution in [0.3, 0.4) is 0 Å². The van der Waals surface area contributed by atoms with Crippen molar-refractivity contribution >= 4 is 29.2 Å². The van der Waals surface area contributed by atoms with Crippen molar-refractivity contribution < 1.29 is 34.0 Å². The van der Waals surface area contributed by atoms with Gasteiger partial charge in [-0.25, -0.2) is 9.37 Å². The Bertz CT molecular complexity index is 940.